The Morgan fingerprint density at radius 1 is 1.24 bits per heavy atom. The highest BCUT2D eigenvalue weighted by Gasteiger charge is 2.41. The van der Waals surface area contributed by atoms with E-state index in [0.717, 1.165) is 41.4 Å². The maximum atomic E-state index is 4.74. The molecule has 0 bridgehead atoms. The van der Waals surface area contributed by atoms with E-state index in [2.05, 4.69) is 34.0 Å². The SMILES string of the molecule is CCCNc1nc(NC(C2CC2)C2CC2)c2ccsc2n1. The zero-order valence-electron chi connectivity index (χ0n) is 12.4. The first-order valence-corrected chi connectivity index (χ1v) is 8.98. The summed E-state index contributed by atoms with van der Waals surface area (Å²) in [5, 5.41) is 10.4. The quantitative estimate of drug-likeness (QED) is 0.808. The molecule has 4 nitrogen and oxygen atoms in total. The molecular formula is C16H22N4S. The van der Waals surface area contributed by atoms with Gasteiger partial charge in [-0.1, -0.05) is 6.92 Å². The molecule has 112 valence electrons. The predicted molar refractivity (Wildman–Crippen MR) is 89.1 cm³/mol. The third kappa shape index (κ3) is 2.84. The molecule has 2 aliphatic rings. The molecule has 2 saturated carbocycles. The van der Waals surface area contributed by atoms with Gasteiger partial charge in [-0.2, -0.15) is 4.98 Å². The summed E-state index contributed by atoms with van der Waals surface area (Å²) in [5.74, 6) is 3.53. The van der Waals surface area contributed by atoms with Crippen molar-refractivity contribution in [2.75, 3.05) is 17.2 Å². The molecule has 0 spiro atoms. The van der Waals surface area contributed by atoms with Gasteiger partial charge in [0.1, 0.15) is 10.6 Å². The lowest BCUT2D eigenvalue weighted by Crippen LogP contribution is -2.25. The molecule has 4 rings (SSSR count). The molecule has 0 saturated heterocycles. The van der Waals surface area contributed by atoms with Gasteiger partial charge in [0.05, 0.1) is 5.39 Å². The van der Waals surface area contributed by atoms with Gasteiger partial charge in [0.15, 0.2) is 0 Å². The summed E-state index contributed by atoms with van der Waals surface area (Å²) in [6.07, 6.45) is 6.61. The minimum atomic E-state index is 0.627. The fourth-order valence-corrected chi connectivity index (χ4v) is 3.73. The molecule has 2 fully saturated rings. The van der Waals surface area contributed by atoms with Crippen molar-refractivity contribution in [3.8, 4) is 0 Å². The van der Waals surface area contributed by atoms with E-state index in [1.165, 1.54) is 31.1 Å². The monoisotopic (exact) mass is 302 g/mol. The molecule has 0 atom stereocenters. The summed E-state index contributed by atoms with van der Waals surface area (Å²) in [4.78, 5) is 10.4. The van der Waals surface area contributed by atoms with Gasteiger partial charge >= 0.3 is 0 Å². The zero-order chi connectivity index (χ0) is 14.2. The topological polar surface area (TPSA) is 49.8 Å². The van der Waals surface area contributed by atoms with Crippen molar-refractivity contribution in [2.24, 2.45) is 11.8 Å². The highest BCUT2D eigenvalue weighted by atomic mass is 32.1. The van der Waals surface area contributed by atoms with E-state index in [4.69, 9.17) is 4.98 Å². The summed E-state index contributed by atoms with van der Waals surface area (Å²) in [6.45, 7) is 3.08. The van der Waals surface area contributed by atoms with Crippen molar-refractivity contribution in [1.82, 2.24) is 9.97 Å². The van der Waals surface area contributed by atoms with Gasteiger partial charge in [0.25, 0.3) is 0 Å². The zero-order valence-corrected chi connectivity index (χ0v) is 13.2. The standard InChI is InChI=1S/C16H22N4S/c1-2-8-17-16-19-14(12-7-9-21-15(12)20-16)18-13(10-3-4-10)11-5-6-11/h7,9-11,13H,2-6,8H2,1H3,(H2,17,18,19,20). The average molecular weight is 302 g/mol. The van der Waals surface area contributed by atoms with E-state index in [1.54, 1.807) is 11.3 Å². The Labute approximate surface area is 129 Å². The van der Waals surface area contributed by atoms with Gasteiger partial charge < -0.3 is 10.6 Å². The highest BCUT2D eigenvalue weighted by Crippen LogP contribution is 2.46. The second-order valence-corrected chi connectivity index (χ2v) is 7.20. The van der Waals surface area contributed by atoms with Gasteiger partial charge in [-0.25, -0.2) is 4.98 Å². The molecule has 0 amide bonds. The van der Waals surface area contributed by atoms with Crippen LogP contribution in [0.25, 0.3) is 10.2 Å². The van der Waals surface area contributed by atoms with E-state index >= 15 is 0 Å². The Balaban J connectivity index is 1.63. The normalized spacial score (nSPS) is 18.4. The first-order chi connectivity index (χ1) is 10.3. The van der Waals surface area contributed by atoms with Gasteiger partial charge in [-0.05, 0) is 55.4 Å². The Kier molecular flexibility index (Phi) is 3.45. The van der Waals surface area contributed by atoms with Crippen LogP contribution in [-0.2, 0) is 0 Å². The molecule has 5 heteroatoms. The van der Waals surface area contributed by atoms with E-state index in [-0.39, 0.29) is 0 Å². The Morgan fingerprint density at radius 2 is 2.00 bits per heavy atom. The second kappa shape index (κ2) is 5.44. The van der Waals surface area contributed by atoms with Gasteiger partial charge in [0, 0.05) is 12.6 Å². The summed E-state index contributed by atoms with van der Waals surface area (Å²) < 4.78 is 0. The predicted octanol–water partition coefficient (Wildman–Crippen LogP) is 4.11. The first-order valence-electron chi connectivity index (χ1n) is 8.11. The van der Waals surface area contributed by atoms with Crippen LogP contribution in [0.2, 0.25) is 0 Å². The van der Waals surface area contributed by atoms with Crippen molar-refractivity contribution in [3.05, 3.63) is 11.4 Å². The number of thiophene rings is 1. The van der Waals surface area contributed by atoms with Crippen LogP contribution in [0.3, 0.4) is 0 Å². The summed E-state index contributed by atoms with van der Waals surface area (Å²) >= 11 is 1.69. The molecule has 21 heavy (non-hydrogen) atoms. The third-order valence-electron chi connectivity index (χ3n) is 4.42. The van der Waals surface area contributed by atoms with E-state index in [0.29, 0.717) is 6.04 Å². The molecule has 0 radical (unpaired) electrons. The first kappa shape index (κ1) is 13.3. The number of rotatable bonds is 7. The molecule has 2 heterocycles. The molecule has 0 unspecified atom stereocenters. The lowest BCUT2D eigenvalue weighted by atomic mass is 10.1. The fraction of sp³-hybridized carbons (Fsp3) is 0.625. The average Bonchev–Trinajstić information content (AvgIpc) is 3.40. The number of fused-ring (bicyclic) bond motifs is 1. The van der Waals surface area contributed by atoms with Crippen LogP contribution in [-0.4, -0.2) is 22.6 Å². The summed E-state index contributed by atoms with van der Waals surface area (Å²) in [5.41, 5.74) is 0. The van der Waals surface area contributed by atoms with Gasteiger partial charge in [-0.15, -0.1) is 11.3 Å². The lowest BCUT2D eigenvalue weighted by molar-refractivity contribution is 0.566. The largest absolute Gasteiger partial charge is 0.366 e. The Bertz CT molecular complexity index is 618. The lowest BCUT2D eigenvalue weighted by Gasteiger charge is -2.19. The molecule has 2 aromatic heterocycles. The van der Waals surface area contributed by atoms with Crippen molar-refractivity contribution < 1.29 is 0 Å². The minimum absolute atomic E-state index is 0.627. The molecule has 2 N–H and O–H groups in total. The number of nitrogens with zero attached hydrogens (tertiary/aromatic N) is 2. The van der Waals surface area contributed by atoms with Crippen LogP contribution >= 0.6 is 11.3 Å². The van der Waals surface area contributed by atoms with Crippen molar-refractivity contribution in [3.63, 3.8) is 0 Å². The fourth-order valence-electron chi connectivity index (χ4n) is 2.97. The van der Waals surface area contributed by atoms with Crippen molar-refractivity contribution in [2.45, 2.75) is 45.1 Å². The number of nitrogens with one attached hydrogen (secondary N) is 2. The Morgan fingerprint density at radius 3 is 2.67 bits per heavy atom. The number of aromatic nitrogens is 2. The highest BCUT2D eigenvalue weighted by molar-refractivity contribution is 7.16. The third-order valence-corrected chi connectivity index (χ3v) is 5.23. The van der Waals surface area contributed by atoms with Crippen LogP contribution < -0.4 is 10.6 Å². The van der Waals surface area contributed by atoms with Crippen LogP contribution in [0.15, 0.2) is 11.4 Å². The van der Waals surface area contributed by atoms with Crippen LogP contribution in [0.1, 0.15) is 39.0 Å². The van der Waals surface area contributed by atoms with E-state index in [1.807, 2.05) is 0 Å². The van der Waals surface area contributed by atoms with Crippen molar-refractivity contribution >= 4 is 33.3 Å². The van der Waals surface area contributed by atoms with Crippen LogP contribution in [0.4, 0.5) is 11.8 Å². The van der Waals surface area contributed by atoms with Gasteiger partial charge in [-0.3, -0.25) is 0 Å². The molecule has 0 aromatic carbocycles. The minimum Gasteiger partial charge on any atom is -0.366 e. The molecule has 2 aliphatic carbocycles. The number of hydrogen-bond donors (Lipinski definition) is 2. The number of hydrogen-bond acceptors (Lipinski definition) is 5. The van der Waals surface area contributed by atoms with Crippen molar-refractivity contribution in [1.29, 1.82) is 0 Å². The molecule has 0 aliphatic heterocycles. The maximum absolute atomic E-state index is 4.74. The van der Waals surface area contributed by atoms with Gasteiger partial charge in [0.2, 0.25) is 5.95 Å². The Hall–Kier alpha value is -1.36. The molecule has 2 aromatic rings. The second-order valence-electron chi connectivity index (χ2n) is 6.31. The van der Waals surface area contributed by atoms with Crippen LogP contribution in [0.5, 0.6) is 0 Å². The molecular weight excluding hydrogens is 280 g/mol. The maximum Gasteiger partial charge on any atom is 0.226 e. The van der Waals surface area contributed by atoms with Crippen LogP contribution in [0, 0.1) is 11.8 Å². The van der Waals surface area contributed by atoms with E-state index < -0.39 is 0 Å². The summed E-state index contributed by atoms with van der Waals surface area (Å²) in [7, 11) is 0. The smallest absolute Gasteiger partial charge is 0.226 e. The van der Waals surface area contributed by atoms with E-state index in [9.17, 15) is 0 Å². The number of anilines is 2. The summed E-state index contributed by atoms with van der Waals surface area (Å²) in [6, 6.07) is 2.77.